The summed E-state index contributed by atoms with van der Waals surface area (Å²) < 4.78 is 0. The zero-order valence-corrected chi connectivity index (χ0v) is 16.9. The summed E-state index contributed by atoms with van der Waals surface area (Å²) in [6, 6.07) is 15.0. The maximum Gasteiger partial charge on any atom is 0.252 e. The molecular formula is C23H29N5O2. The molecule has 0 bridgehead atoms. The van der Waals surface area contributed by atoms with Crippen molar-refractivity contribution in [2.45, 2.75) is 37.8 Å². The standard InChI is InChI=1S/C23H29N5O2/c24-14-15-9-11-19(12-10-15)27-23(30)20(16-5-2-1-3-6-16)28-22(29)18-8-4-7-17(13-18)21(25)26/h1-8,13,15,19-20H,9-12,14,24H2,(H3,25,26)(H,27,30)(H,28,29)/t15?,19?,20-/m0/s1. The Kier molecular flexibility index (Phi) is 7.19. The summed E-state index contributed by atoms with van der Waals surface area (Å²) in [5.41, 5.74) is 12.8. The Bertz CT molecular complexity index is 891. The van der Waals surface area contributed by atoms with Gasteiger partial charge < -0.3 is 22.1 Å². The summed E-state index contributed by atoms with van der Waals surface area (Å²) in [5, 5.41) is 13.5. The van der Waals surface area contributed by atoms with E-state index >= 15 is 0 Å². The molecule has 2 amide bonds. The molecule has 2 aromatic carbocycles. The molecule has 0 spiro atoms. The molecule has 2 aromatic rings. The lowest BCUT2D eigenvalue weighted by Crippen LogP contribution is -2.45. The maximum atomic E-state index is 13.1. The van der Waals surface area contributed by atoms with Crippen LogP contribution in [0.4, 0.5) is 0 Å². The lowest BCUT2D eigenvalue weighted by Gasteiger charge is -2.30. The Hall–Kier alpha value is -3.19. The molecule has 1 atom stereocenters. The molecule has 7 heteroatoms. The van der Waals surface area contributed by atoms with Gasteiger partial charge in [0, 0.05) is 17.2 Å². The van der Waals surface area contributed by atoms with Crippen molar-refractivity contribution in [1.82, 2.24) is 10.6 Å². The Balaban J connectivity index is 1.74. The first-order valence-corrected chi connectivity index (χ1v) is 10.3. The number of hydrogen-bond acceptors (Lipinski definition) is 4. The van der Waals surface area contributed by atoms with Gasteiger partial charge in [0.15, 0.2) is 0 Å². The third-order valence-corrected chi connectivity index (χ3v) is 5.63. The fourth-order valence-corrected chi connectivity index (χ4v) is 3.82. The first-order chi connectivity index (χ1) is 14.5. The fourth-order valence-electron chi connectivity index (χ4n) is 3.82. The van der Waals surface area contributed by atoms with E-state index in [0.717, 1.165) is 25.7 Å². The Labute approximate surface area is 176 Å². The van der Waals surface area contributed by atoms with E-state index in [1.807, 2.05) is 30.3 Å². The van der Waals surface area contributed by atoms with E-state index < -0.39 is 11.9 Å². The second-order valence-electron chi connectivity index (χ2n) is 7.77. The lowest BCUT2D eigenvalue weighted by atomic mass is 9.86. The average molecular weight is 408 g/mol. The number of carbonyl (C=O) groups is 2. The highest BCUT2D eigenvalue weighted by Crippen LogP contribution is 2.24. The van der Waals surface area contributed by atoms with Crippen LogP contribution in [0, 0.1) is 11.3 Å². The van der Waals surface area contributed by atoms with Gasteiger partial charge in [-0.25, -0.2) is 0 Å². The first kappa shape index (κ1) is 21.5. The number of nitrogens with two attached hydrogens (primary N) is 2. The van der Waals surface area contributed by atoms with E-state index in [-0.39, 0.29) is 17.8 Å². The van der Waals surface area contributed by atoms with Crippen LogP contribution in [-0.2, 0) is 4.79 Å². The van der Waals surface area contributed by atoms with Gasteiger partial charge in [0.2, 0.25) is 5.91 Å². The smallest absolute Gasteiger partial charge is 0.252 e. The highest BCUT2D eigenvalue weighted by atomic mass is 16.2. The number of amidine groups is 1. The van der Waals surface area contributed by atoms with Gasteiger partial charge in [0.05, 0.1) is 0 Å². The summed E-state index contributed by atoms with van der Waals surface area (Å²) in [5.74, 6) is -0.214. The average Bonchev–Trinajstić information content (AvgIpc) is 2.78. The minimum absolute atomic E-state index is 0.0875. The minimum Gasteiger partial charge on any atom is -0.384 e. The van der Waals surface area contributed by atoms with Gasteiger partial charge in [0.25, 0.3) is 5.91 Å². The molecule has 1 aliphatic rings. The van der Waals surface area contributed by atoms with Crippen molar-refractivity contribution in [3.63, 3.8) is 0 Å². The number of benzene rings is 2. The van der Waals surface area contributed by atoms with Crippen LogP contribution in [0.2, 0.25) is 0 Å². The van der Waals surface area contributed by atoms with Crippen molar-refractivity contribution in [3.8, 4) is 0 Å². The molecule has 0 heterocycles. The number of carbonyl (C=O) groups excluding carboxylic acids is 2. The molecule has 158 valence electrons. The summed E-state index contributed by atoms with van der Waals surface area (Å²) in [4.78, 5) is 26.0. The minimum atomic E-state index is -0.813. The SMILES string of the molecule is N=C(N)c1cccc(C(=O)N[C@H](C(=O)NC2CCC(CN)CC2)c2ccccc2)c1. The molecule has 7 nitrogen and oxygen atoms in total. The van der Waals surface area contributed by atoms with Gasteiger partial charge >= 0.3 is 0 Å². The third kappa shape index (κ3) is 5.45. The van der Waals surface area contributed by atoms with E-state index in [0.29, 0.717) is 29.2 Å². The molecule has 7 N–H and O–H groups in total. The number of nitrogens with one attached hydrogen (secondary N) is 3. The van der Waals surface area contributed by atoms with Crippen LogP contribution in [0.5, 0.6) is 0 Å². The largest absolute Gasteiger partial charge is 0.384 e. The molecule has 1 fully saturated rings. The van der Waals surface area contributed by atoms with Crippen molar-refractivity contribution < 1.29 is 9.59 Å². The van der Waals surface area contributed by atoms with Crippen LogP contribution in [0.15, 0.2) is 54.6 Å². The lowest BCUT2D eigenvalue weighted by molar-refractivity contribution is -0.124. The van der Waals surface area contributed by atoms with Gasteiger partial charge in [-0.15, -0.1) is 0 Å². The summed E-state index contributed by atoms with van der Waals surface area (Å²) >= 11 is 0. The predicted octanol–water partition coefficient (Wildman–Crippen LogP) is 2.08. The van der Waals surface area contributed by atoms with E-state index in [1.54, 1.807) is 24.3 Å². The topological polar surface area (TPSA) is 134 Å². The van der Waals surface area contributed by atoms with Crippen LogP contribution in [0.3, 0.4) is 0 Å². The first-order valence-electron chi connectivity index (χ1n) is 10.3. The Morgan fingerprint density at radius 3 is 2.30 bits per heavy atom. The highest BCUT2D eigenvalue weighted by Gasteiger charge is 2.27. The quantitative estimate of drug-likeness (QED) is 0.355. The maximum absolute atomic E-state index is 13.1. The predicted molar refractivity (Wildman–Crippen MR) is 117 cm³/mol. The molecule has 0 radical (unpaired) electrons. The van der Waals surface area contributed by atoms with Gasteiger partial charge in [-0.2, -0.15) is 0 Å². The summed E-state index contributed by atoms with van der Waals surface area (Å²) in [6.45, 7) is 0.683. The fraction of sp³-hybridized carbons (Fsp3) is 0.348. The molecule has 0 aliphatic heterocycles. The van der Waals surface area contributed by atoms with Gasteiger partial charge in [-0.3, -0.25) is 15.0 Å². The molecular weight excluding hydrogens is 378 g/mol. The zero-order valence-electron chi connectivity index (χ0n) is 16.9. The monoisotopic (exact) mass is 407 g/mol. The van der Waals surface area contributed by atoms with E-state index in [9.17, 15) is 9.59 Å². The van der Waals surface area contributed by atoms with Gasteiger partial charge in [-0.05, 0) is 55.8 Å². The summed E-state index contributed by atoms with van der Waals surface area (Å²) in [7, 11) is 0. The van der Waals surface area contributed by atoms with E-state index in [4.69, 9.17) is 16.9 Å². The van der Waals surface area contributed by atoms with Crippen LogP contribution in [0.1, 0.15) is 53.2 Å². The van der Waals surface area contributed by atoms with Gasteiger partial charge in [-0.1, -0.05) is 42.5 Å². The highest BCUT2D eigenvalue weighted by molar-refractivity contribution is 6.01. The molecule has 0 aromatic heterocycles. The van der Waals surface area contributed by atoms with Crippen LogP contribution < -0.4 is 22.1 Å². The van der Waals surface area contributed by atoms with Crippen LogP contribution in [0.25, 0.3) is 0 Å². The molecule has 0 saturated heterocycles. The number of amides is 2. The van der Waals surface area contributed by atoms with Crippen molar-refractivity contribution in [2.24, 2.45) is 17.4 Å². The third-order valence-electron chi connectivity index (χ3n) is 5.63. The number of nitrogen functional groups attached to an aromatic ring is 1. The second-order valence-corrected chi connectivity index (χ2v) is 7.77. The van der Waals surface area contributed by atoms with Gasteiger partial charge in [0.1, 0.15) is 11.9 Å². The normalized spacial score (nSPS) is 19.5. The Morgan fingerprint density at radius 1 is 1.00 bits per heavy atom. The van der Waals surface area contributed by atoms with Crippen molar-refractivity contribution in [2.75, 3.05) is 6.54 Å². The van der Waals surface area contributed by atoms with Crippen molar-refractivity contribution in [3.05, 3.63) is 71.3 Å². The zero-order chi connectivity index (χ0) is 21.5. The van der Waals surface area contributed by atoms with Crippen LogP contribution in [-0.4, -0.2) is 30.2 Å². The molecule has 30 heavy (non-hydrogen) atoms. The molecule has 3 rings (SSSR count). The Morgan fingerprint density at radius 2 is 1.67 bits per heavy atom. The molecule has 1 aliphatic carbocycles. The molecule has 1 saturated carbocycles. The number of rotatable bonds is 7. The van der Waals surface area contributed by atoms with Crippen molar-refractivity contribution in [1.29, 1.82) is 5.41 Å². The number of hydrogen-bond donors (Lipinski definition) is 5. The summed E-state index contributed by atoms with van der Waals surface area (Å²) in [6.07, 6.45) is 3.79. The molecule has 0 unspecified atom stereocenters. The van der Waals surface area contributed by atoms with E-state index in [2.05, 4.69) is 10.6 Å². The van der Waals surface area contributed by atoms with Crippen LogP contribution >= 0.6 is 0 Å². The second kappa shape index (κ2) is 10.0. The van der Waals surface area contributed by atoms with E-state index in [1.165, 1.54) is 0 Å². The van der Waals surface area contributed by atoms with Crippen molar-refractivity contribution >= 4 is 17.6 Å².